The zero-order valence-corrected chi connectivity index (χ0v) is 19.6. The van der Waals surface area contributed by atoms with Gasteiger partial charge in [-0.15, -0.1) is 0 Å². The third kappa shape index (κ3) is 7.01. The van der Waals surface area contributed by atoms with Gasteiger partial charge in [0.2, 0.25) is 10.0 Å². The molecule has 1 saturated heterocycles. The topological polar surface area (TPSA) is 88.2 Å². The molecular weight excluding hydrogens is 454 g/mol. The molecular formula is C22H28ClN3O5S. The SMILES string of the molecule is CCOc1ccc(OCC(=O)NCCS(=O)(=O)N2CCN(c3ccc(Cl)cc3)CC2)cc1. The van der Waals surface area contributed by atoms with Crippen molar-refractivity contribution in [2.75, 3.05) is 56.6 Å². The predicted molar refractivity (Wildman–Crippen MR) is 125 cm³/mol. The van der Waals surface area contributed by atoms with E-state index in [2.05, 4.69) is 10.2 Å². The number of rotatable bonds is 10. The minimum atomic E-state index is -3.45. The molecule has 2 aromatic carbocycles. The molecule has 0 unspecified atom stereocenters. The molecule has 2 aromatic rings. The number of piperazine rings is 1. The number of nitrogens with one attached hydrogen (secondary N) is 1. The molecule has 8 nitrogen and oxygen atoms in total. The number of carbonyl (C=O) groups is 1. The minimum Gasteiger partial charge on any atom is -0.494 e. The maximum absolute atomic E-state index is 12.6. The lowest BCUT2D eigenvalue weighted by Gasteiger charge is -2.35. The van der Waals surface area contributed by atoms with Crippen molar-refractivity contribution in [3.05, 3.63) is 53.6 Å². The van der Waals surface area contributed by atoms with Crippen molar-refractivity contribution in [3.63, 3.8) is 0 Å². The summed E-state index contributed by atoms with van der Waals surface area (Å²) in [5, 5.41) is 3.27. The van der Waals surface area contributed by atoms with Crippen molar-refractivity contribution >= 4 is 33.2 Å². The van der Waals surface area contributed by atoms with Gasteiger partial charge in [0.1, 0.15) is 11.5 Å². The molecule has 0 aliphatic carbocycles. The molecule has 3 rings (SSSR count). The molecule has 1 aliphatic heterocycles. The second kappa shape index (κ2) is 11.4. The summed E-state index contributed by atoms with van der Waals surface area (Å²) in [5.41, 5.74) is 1.02. The van der Waals surface area contributed by atoms with Crippen molar-refractivity contribution < 1.29 is 22.7 Å². The van der Waals surface area contributed by atoms with Crippen LogP contribution in [0.2, 0.25) is 5.02 Å². The molecule has 10 heteroatoms. The summed E-state index contributed by atoms with van der Waals surface area (Å²) >= 11 is 5.92. The molecule has 0 spiro atoms. The second-order valence-electron chi connectivity index (χ2n) is 7.22. The first-order chi connectivity index (χ1) is 15.4. The highest BCUT2D eigenvalue weighted by Crippen LogP contribution is 2.20. The number of ether oxygens (including phenoxy) is 2. The van der Waals surface area contributed by atoms with Crippen LogP contribution in [0.5, 0.6) is 11.5 Å². The molecule has 0 aromatic heterocycles. The predicted octanol–water partition coefficient (Wildman–Crippen LogP) is 2.39. The van der Waals surface area contributed by atoms with E-state index in [4.69, 9.17) is 21.1 Å². The van der Waals surface area contributed by atoms with Crippen LogP contribution in [0.1, 0.15) is 6.92 Å². The Balaban J connectivity index is 1.37. The summed E-state index contributed by atoms with van der Waals surface area (Å²) < 4.78 is 37.5. The number of nitrogens with zero attached hydrogens (tertiary/aromatic N) is 2. The van der Waals surface area contributed by atoms with Crippen LogP contribution in [0.25, 0.3) is 0 Å². The van der Waals surface area contributed by atoms with Crippen molar-refractivity contribution in [1.29, 1.82) is 0 Å². The van der Waals surface area contributed by atoms with E-state index < -0.39 is 10.0 Å². The third-order valence-electron chi connectivity index (χ3n) is 5.01. The molecule has 1 heterocycles. The summed E-state index contributed by atoms with van der Waals surface area (Å²) in [6.45, 7) is 4.32. The highest BCUT2D eigenvalue weighted by atomic mass is 35.5. The van der Waals surface area contributed by atoms with Crippen molar-refractivity contribution in [2.45, 2.75) is 6.92 Å². The van der Waals surface area contributed by atoms with E-state index in [1.807, 2.05) is 31.2 Å². The Morgan fingerprint density at radius 3 is 2.16 bits per heavy atom. The third-order valence-corrected chi connectivity index (χ3v) is 7.13. The number of sulfonamides is 1. The Morgan fingerprint density at radius 1 is 0.969 bits per heavy atom. The Kier molecular flexibility index (Phi) is 8.60. The van der Waals surface area contributed by atoms with Crippen LogP contribution >= 0.6 is 11.6 Å². The highest BCUT2D eigenvalue weighted by Gasteiger charge is 2.26. The molecule has 0 bridgehead atoms. The molecule has 1 N–H and O–H groups in total. The summed E-state index contributed by atoms with van der Waals surface area (Å²) in [5.74, 6) is 0.739. The number of hydrogen-bond donors (Lipinski definition) is 1. The summed E-state index contributed by atoms with van der Waals surface area (Å²) in [6.07, 6.45) is 0. The number of benzene rings is 2. The molecule has 1 fully saturated rings. The maximum Gasteiger partial charge on any atom is 0.257 e. The lowest BCUT2D eigenvalue weighted by Crippen LogP contribution is -2.50. The van der Waals surface area contributed by atoms with Gasteiger partial charge in [-0.2, -0.15) is 4.31 Å². The summed E-state index contributed by atoms with van der Waals surface area (Å²) in [6, 6.07) is 14.4. The quantitative estimate of drug-likeness (QED) is 0.560. The largest absolute Gasteiger partial charge is 0.494 e. The van der Waals surface area contributed by atoms with E-state index in [1.165, 1.54) is 4.31 Å². The Morgan fingerprint density at radius 2 is 1.56 bits per heavy atom. The minimum absolute atomic E-state index is 0.0329. The van der Waals surface area contributed by atoms with Gasteiger partial charge >= 0.3 is 0 Å². The van der Waals surface area contributed by atoms with Crippen molar-refractivity contribution in [3.8, 4) is 11.5 Å². The number of hydrogen-bond acceptors (Lipinski definition) is 6. The molecule has 0 saturated carbocycles. The van der Waals surface area contributed by atoms with Gasteiger partial charge in [-0.05, 0) is 55.5 Å². The maximum atomic E-state index is 12.6. The first-order valence-corrected chi connectivity index (χ1v) is 12.5. The lowest BCUT2D eigenvalue weighted by molar-refractivity contribution is -0.122. The fourth-order valence-electron chi connectivity index (χ4n) is 3.32. The number of halogens is 1. The smallest absolute Gasteiger partial charge is 0.257 e. The second-order valence-corrected chi connectivity index (χ2v) is 9.75. The number of carbonyl (C=O) groups excluding carboxylic acids is 1. The van der Waals surface area contributed by atoms with Crippen molar-refractivity contribution in [2.24, 2.45) is 0 Å². The van der Waals surface area contributed by atoms with Crippen LogP contribution in [0.3, 0.4) is 0 Å². The van der Waals surface area contributed by atoms with Crippen LogP contribution in [0.15, 0.2) is 48.5 Å². The van der Waals surface area contributed by atoms with E-state index in [-0.39, 0.29) is 24.8 Å². The molecule has 174 valence electrons. The van der Waals surface area contributed by atoms with Gasteiger partial charge in [0.25, 0.3) is 5.91 Å². The van der Waals surface area contributed by atoms with Gasteiger partial charge in [-0.25, -0.2) is 8.42 Å². The first-order valence-electron chi connectivity index (χ1n) is 10.5. The Bertz CT molecular complexity index is 976. The number of amides is 1. The van der Waals surface area contributed by atoms with E-state index >= 15 is 0 Å². The van der Waals surface area contributed by atoms with Crippen LogP contribution in [0, 0.1) is 0 Å². The molecule has 1 amide bonds. The average molecular weight is 482 g/mol. The zero-order chi connectivity index (χ0) is 23.0. The highest BCUT2D eigenvalue weighted by molar-refractivity contribution is 7.89. The zero-order valence-electron chi connectivity index (χ0n) is 18.0. The van der Waals surface area contributed by atoms with Crippen LogP contribution in [-0.2, 0) is 14.8 Å². The van der Waals surface area contributed by atoms with Gasteiger partial charge in [-0.3, -0.25) is 4.79 Å². The number of anilines is 1. The lowest BCUT2D eigenvalue weighted by atomic mass is 10.2. The molecule has 0 radical (unpaired) electrons. The van der Waals surface area contributed by atoms with E-state index in [0.29, 0.717) is 43.6 Å². The van der Waals surface area contributed by atoms with Gasteiger partial charge in [0, 0.05) is 43.4 Å². The van der Waals surface area contributed by atoms with Gasteiger partial charge in [-0.1, -0.05) is 11.6 Å². The summed E-state index contributed by atoms with van der Waals surface area (Å²) in [4.78, 5) is 14.1. The van der Waals surface area contributed by atoms with E-state index in [9.17, 15) is 13.2 Å². The fourth-order valence-corrected chi connectivity index (χ4v) is 4.79. The first kappa shape index (κ1) is 24.2. The van der Waals surface area contributed by atoms with Gasteiger partial charge in [0.15, 0.2) is 6.61 Å². The molecule has 0 atom stereocenters. The van der Waals surface area contributed by atoms with Crippen LogP contribution in [0.4, 0.5) is 5.69 Å². The van der Waals surface area contributed by atoms with Crippen LogP contribution in [-0.4, -0.2) is 70.3 Å². The normalized spacial score (nSPS) is 14.8. The van der Waals surface area contributed by atoms with Gasteiger partial charge in [0.05, 0.1) is 12.4 Å². The Hall–Kier alpha value is -2.49. The summed E-state index contributed by atoms with van der Waals surface area (Å²) in [7, 11) is -3.45. The monoisotopic (exact) mass is 481 g/mol. The molecule has 1 aliphatic rings. The fraction of sp³-hybridized carbons (Fsp3) is 0.409. The van der Waals surface area contributed by atoms with Crippen molar-refractivity contribution in [1.82, 2.24) is 9.62 Å². The van der Waals surface area contributed by atoms with Gasteiger partial charge < -0.3 is 19.7 Å². The van der Waals surface area contributed by atoms with E-state index in [0.717, 1.165) is 11.4 Å². The van der Waals surface area contributed by atoms with E-state index in [1.54, 1.807) is 24.3 Å². The average Bonchev–Trinajstić information content (AvgIpc) is 2.79. The molecule has 32 heavy (non-hydrogen) atoms. The Labute approximate surface area is 194 Å². The van der Waals surface area contributed by atoms with Crippen LogP contribution < -0.4 is 19.7 Å². The standard InChI is InChI=1S/C22H28ClN3O5S/c1-2-30-20-7-9-21(10-8-20)31-17-22(27)24-11-16-32(28,29)26-14-12-25(13-15-26)19-5-3-18(23)4-6-19/h3-10H,2,11-17H2,1H3,(H,24,27).